The Morgan fingerprint density at radius 3 is 2.23 bits per heavy atom. The standard InChI is InChI=1S/C42H50F3NO17S/c1-20-26(60-29(47)16-23(25-11-10-14-58-25)46-36(51)62-37(2,3)4)18-41(53)34(61-35(50)22-15-21(56-8)12-13-24(22)57-9)32-39(7,33(49)31(48)30(20)38(41,5)6)27(17-28-40(32,52)19-59-28)63-64(54,55)42(43,44)45/h10-15,23,26-28,32,34,52-53H,16-19H2,1-9H3,(H,46,51)/t23-,26+,27+,28-,32?,34+,39-,40+,41-/m1/s1. The van der Waals surface area contributed by atoms with E-state index in [1.807, 2.05) is 0 Å². The number of fused-ring (bicyclic) bond motifs is 5. The molecule has 9 atom stereocenters. The monoisotopic (exact) mass is 929 g/mol. The first-order valence-electron chi connectivity index (χ1n) is 20.0. The number of ether oxygens (including phenoxy) is 6. The predicted octanol–water partition coefficient (Wildman–Crippen LogP) is 4.41. The molecule has 18 nitrogen and oxygen atoms in total. The average Bonchev–Trinajstić information content (AvgIpc) is 3.73. The van der Waals surface area contributed by atoms with Gasteiger partial charge < -0.3 is 48.4 Å². The zero-order valence-corrected chi connectivity index (χ0v) is 37.1. The third-order valence-corrected chi connectivity index (χ3v) is 13.8. The SMILES string of the molecule is COc1ccc(OC)c(C(=O)O[C@H]2C3[C@]4(O)CO[C@@H]4C[C@H](OS(=O)(=O)C(F)(F)F)[C@@]3(C)C(=O)C(=O)C3=C(C)[C@@H](OC(=O)C[C@@H](NC(=O)OC(C)(C)C)c4ccco4)C[C@]2(O)C3(C)C)c1. The van der Waals surface area contributed by atoms with Crippen LogP contribution in [0.25, 0.3) is 0 Å². The fraction of sp³-hybridized carbons (Fsp3) is 0.595. The van der Waals surface area contributed by atoms with Crippen LogP contribution in [0.2, 0.25) is 0 Å². The number of benzene rings is 1. The van der Waals surface area contributed by atoms with E-state index in [-0.39, 0.29) is 28.4 Å². The number of furan rings is 1. The predicted molar refractivity (Wildman–Crippen MR) is 211 cm³/mol. The Balaban J connectivity index is 1.52. The summed E-state index contributed by atoms with van der Waals surface area (Å²) in [5.41, 5.74) is -17.9. The molecule has 3 N–H and O–H groups in total. The maximum Gasteiger partial charge on any atom is 0.523 e. The number of alkyl carbamates (subject to hydrolysis) is 1. The second kappa shape index (κ2) is 16.4. The number of amides is 1. The lowest BCUT2D eigenvalue weighted by atomic mass is 9.45. The lowest BCUT2D eigenvalue weighted by Crippen LogP contribution is -2.81. The van der Waals surface area contributed by atoms with Gasteiger partial charge in [0.25, 0.3) is 0 Å². The fourth-order valence-corrected chi connectivity index (χ4v) is 10.1. The molecular weight excluding hydrogens is 880 g/mol. The van der Waals surface area contributed by atoms with Gasteiger partial charge in [-0.15, -0.1) is 0 Å². The number of methoxy groups -OCH3 is 2. The third kappa shape index (κ3) is 8.15. The molecule has 352 valence electrons. The maximum atomic E-state index is 15.0. The van der Waals surface area contributed by atoms with Crippen molar-refractivity contribution in [2.24, 2.45) is 16.7 Å². The van der Waals surface area contributed by atoms with Crippen molar-refractivity contribution in [3.8, 4) is 11.5 Å². The van der Waals surface area contributed by atoms with Crippen molar-refractivity contribution < 1.29 is 92.8 Å². The van der Waals surface area contributed by atoms with Gasteiger partial charge in [0.15, 0.2) is 0 Å². The molecule has 1 aromatic heterocycles. The van der Waals surface area contributed by atoms with E-state index in [0.29, 0.717) is 0 Å². The first-order chi connectivity index (χ1) is 29.5. The minimum Gasteiger partial charge on any atom is -0.497 e. The summed E-state index contributed by atoms with van der Waals surface area (Å²) in [7, 11) is -4.02. The van der Waals surface area contributed by atoms with Crippen LogP contribution in [0.3, 0.4) is 0 Å². The van der Waals surface area contributed by atoms with Crippen LogP contribution in [0.4, 0.5) is 18.0 Å². The van der Waals surface area contributed by atoms with E-state index < -0.39 is 141 Å². The Bertz CT molecular complexity index is 2360. The van der Waals surface area contributed by atoms with Crippen molar-refractivity contribution in [2.45, 2.75) is 120 Å². The molecule has 1 amide bonds. The largest absolute Gasteiger partial charge is 0.523 e. The Morgan fingerprint density at radius 2 is 1.69 bits per heavy atom. The molecule has 3 fully saturated rings. The van der Waals surface area contributed by atoms with Crippen LogP contribution >= 0.6 is 0 Å². The molecule has 2 saturated carbocycles. The van der Waals surface area contributed by atoms with Crippen LogP contribution in [-0.2, 0) is 47.6 Å². The highest BCUT2D eigenvalue weighted by atomic mass is 32.2. The van der Waals surface area contributed by atoms with Crippen molar-refractivity contribution in [2.75, 3.05) is 20.8 Å². The van der Waals surface area contributed by atoms with Crippen molar-refractivity contribution in [3.63, 3.8) is 0 Å². The number of aliphatic hydroxyl groups is 2. The number of rotatable bonds is 11. The average molecular weight is 930 g/mol. The maximum absolute atomic E-state index is 15.0. The first-order valence-corrected chi connectivity index (χ1v) is 21.4. The number of carbonyl (C=O) groups is 5. The van der Waals surface area contributed by atoms with Gasteiger partial charge in [-0.25, -0.2) is 9.59 Å². The van der Waals surface area contributed by atoms with Crippen molar-refractivity contribution >= 4 is 39.7 Å². The summed E-state index contributed by atoms with van der Waals surface area (Å²) in [6.45, 7) is 8.98. The van der Waals surface area contributed by atoms with Gasteiger partial charge in [0, 0.05) is 29.7 Å². The Morgan fingerprint density at radius 1 is 1.02 bits per heavy atom. The first kappa shape index (κ1) is 48.4. The molecule has 1 aromatic carbocycles. The van der Waals surface area contributed by atoms with E-state index >= 15 is 4.79 Å². The highest BCUT2D eigenvalue weighted by Crippen LogP contribution is 2.63. The molecule has 2 heterocycles. The van der Waals surface area contributed by atoms with Crippen LogP contribution in [0, 0.1) is 16.7 Å². The summed E-state index contributed by atoms with van der Waals surface area (Å²) < 4.78 is 111. The molecule has 3 aliphatic carbocycles. The molecule has 22 heteroatoms. The quantitative estimate of drug-likeness (QED) is 0.0928. The molecule has 2 aromatic rings. The van der Waals surface area contributed by atoms with Gasteiger partial charge in [-0.1, -0.05) is 13.8 Å². The number of hydrogen-bond donors (Lipinski definition) is 3. The molecule has 4 aliphatic rings. The molecule has 2 bridgehead atoms. The van der Waals surface area contributed by atoms with E-state index in [1.165, 1.54) is 71.6 Å². The minimum atomic E-state index is -6.53. The van der Waals surface area contributed by atoms with Crippen LogP contribution < -0.4 is 14.8 Å². The highest BCUT2D eigenvalue weighted by Gasteiger charge is 2.77. The van der Waals surface area contributed by atoms with E-state index in [9.17, 15) is 51.0 Å². The van der Waals surface area contributed by atoms with E-state index in [2.05, 4.69) is 5.32 Å². The fourth-order valence-electron chi connectivity index (χ4n) is 9.42. The van der Waals surface area contributed by atoms with Crippen LogP contribution in [0.15, 0.2) is 52.2 Å². The second-order valence-corrected chi connectivity index (χ2v) is 19.6. The minimum absolute atomic E-state index is 0.0976. The molecule has 6 rings (SSSR count). The summed E-state index contributed by atoms with van der Waals surface area (Å²) in [4.78, 5) is 71.2. The van der Waals surface area contributed by atoms with Crippen molar-refractivity contribution in [1.29, 1.82) is 0 Å². The van der Waals surface area contributed by atoms with Crippen LogP contribution in [0.1, 0.15) is 89.9 Å². The highest BCUT2D eigenvalue weighted by molar-refractivity contribution is 7.87. The molecular formula is C42H50F3NO17S. The molecule has 1 saturated heterocycles. The van der Waals surface area contributed by atoms with Crippen molar-refractivity contribution in [1.82, 2.24) is 5.32 Å². The third-order valence-electron chi connectivity index (χ3n) is 12.7. The lowest BCUT2D eigenvalue weighted by Gasteiger charge is -2.66. The van der Waals surface area contributed by atoms with Gasteiger partial charge in [-0.05, 0) is 70.5 Å². The number of Topliss-reactive ketones (excluding diaryl/α,β-unsaturated/α-hetero) is 2. The molecule has 1 aliphatic heterocycles. The summed E-state index contributed by atoms with van der Waals surface area (Å²) in [5.74, 6) is -7.41. The Hall–Kier alpha value is -5.03. The van der Waals surface area contributed by atoms with E-state index in [0.717, 1.165) is 6.92 Å². The number of esters is 2. The number of halogens is 3. The Labute approximate surface area is 365 Å². The van der Waals surface area contributed by atoms with Gasteiger partial charge >= 0.3 is 33.7 Å². The number of ketones is 2. The van der Waals surface area contributed by atoms with Gasteiger partial charge in [0.2, 0.25) is 11.6 Å². The van der Waals surface area contributed by atoms with Crippen LogP contribution in [0.5, 0.6) is 11.5 Å². The summed E-state index contributed by atoms with van der Waals surface area (Å²) in [6, 6.07) is 5.74. The molecule has 0 radical (unpaired) electrons. The second-order valence-electron chi connectivity index (χ2n) is 18.0. The number of alkyl halides is 3. The normalized spacial score (nSPS) is 30.6. The smallest absolute Gasteiger partial charge is 0.497 e. The summed E-state index contributed by atoms with van der Waals surface area (Å²) >= 11 is 0. The summed E-state index contributed by atoms with van der Waals surface area (Å²) in [6.07, 6.45) is -9.81. The molecule has 1 unspecified atom stereocenters. The topological polar surface area (TPSA) is 250 Å². The number of carbonyl (C=O) groups excluding carboxylic acids is 5. The van der Waals surface area contributed by atoms with Crippen molar-refractivity contribution in [3.05, 3.63) is 59.1 Å². The van der Waals surface area contributed by atoms with Crippen LogP contribution in [-0.4, -0.2) is 116 Å². The number of hydrogen-bond acceptors (Lipinski definition) is 17. The van der Waals surface area contributed by atoms with Gasteiger partial charge in [-0.2, -0.15) is 21.6 Å². The van der Waals surface area contributed by atoms with Gasteiger partial charge in [-0.3, -0.25) is 18.6 Å². The zero-order chi connectivity index (χ0) is 47.7. The van der Waals surface area contributed by atoms with E-state index in [1.54, 1.807) is 20.8 Å². The Kier molecular flexibility index (Phi) is 12.4. The number of nitrogens with one attached hydrogen (secondary N) is 1. The molecule has 0 spiro atoms. The van der Waals surface area contributed by atoms with E-state index in [4.69, 9.17) is 37.0 Å². The van der Waals surface area contributed by atoms with Gasteiger partial charge in [0.05, 0.1) is 51.1 Å². The zero-order valence-electron chi connectivity index (χ0n) is 36.3. The lowest BCUT2D eigenvalue weighted by molar-refractivity contribution is -0.339. The van der Waals surface area contributed by atoms with Gasteiger partial charge in [0.1, 0.15) is 57.9 Å². The summed E-state index contributed by atoms with van der Waals surface area (Å²) in [5, 5.41) is 28.4. The molecule has 64 heavy (non-hydrogen) atoms.